The number of nitrogens with zero attached hydrogens (tertiary/aromatic N) is 3. The van der Waals surface area contributed by atoms with Crippen LogP contribution in [-0.2, 0) is 5.41 Å². The van der Waals surface area contributed by atoms with Gasteiger partial charge in [0.2, 0.25) is 0 Å². The summed E-state index contributed by atoms with van der Waals surface area (Å²) in [6.45, 7) is 4.73. The van der Waals surface area contributed by atoms with Crippen LogP contribution in [-0.4, -0.2) is 14.5 Å². The molecular formula is C59H41N3. The molecule has 0 saturated heterocycles. The fourth-order valence-corrected chi connectivity index (χ4v) is 10.1. The largest absolute Gasteiger partial charge is 0.309 e. The molecule has 0 saturated carbocycles. The second kappa shape index (κ2) is 14.1. The standard InChI is InChI=1S/C59H41N3/c1-59(2)51-33-18-30-47(56(51)50-35-39-21-9-10-22-40(39)36-52(50)59)42-25-11-13-27-44(42)53-37-54(61-58(60-53)38-19-5-3-6-20-38)45-28-14-12-26-43(45)48-31-17-32-49-46-29-15-16-34-55(46)62(57(48)49)41-23-7-4-8-24-41/h3-37H,1-2H3. The molecule has 0 unspecified atom stereocenters. The third kappa shape index (κ3) is 5.59. The predicted octanol–water partition coefficient (Wildman–Crippen LogP) is 15.4. The number of hydrogen-bond donors (Lipinski definition) is 0. The molecule has 0 fully saturated rings. The molecule has 0 spiro atoms. The number of fused-ring (bicyclic) bond motifs is 7. The molecule has 0 amide bonds. The molecule has 0 radical (unpaired) electrons. The fourth-order valence-electron chi connectivity index (χ4n) is 10.1. The Hall–Kier alpha value is -7.88. The molecule has 62 heavy (non-hydrogen) atoms. The van der Waals surface area contributed by atoms with Crippen molar-refractivity contribution in [1.82, 2.24) is 14.5 Å². The lowest BCUT2D eigenvalue weighted by atomic mass is 9.81. The number of rotatable bonds is 6. The summed E-state index contributed by atoms with van der Waals surface area (Å²) in [5.41, 5.74) is 18.1. The molecule has 9 aromatic carbocycles. The van der Waals surface area contributed by atoms with E-state index >= 15 is 0 Å². The van der Waals surface area contributed by atoms with E-state index in [0.717, 1.165) is 50.5 Å². The summed E-state index contributed by atoms with van der Waals surface area (Å²) >= 11 is 0. The van der Waals surface area contributed by atoms with Crippen LogP contribution in [0, 0.1) is 0 Å². The molecule has 12 rings (SSSR count). The second-order valence-corrected chi connectivity index (χ2v) is 16.9. The Labute approximate surface area is 361 Å². The lowest BCUT2D eigenvalue weighted by Crippen LogP contribution is -2.14. The third-order valence-corrected chi connectivity index (χ3v) is 13.0. The van der Waals surface area contributed by atoms with Gasteiger partial charge in [0.15, 0.2) is 5.82 Å². The van der Waals surface area contributed by atoms with E-state index in [4.69, 9.17) is 9.97 Å². The molecule has 0 bridgehead atoms. The Balaban J connectivity index is 1.09. The summed E-state index contributed by atoms with van der Waals surface area (Å²) in [4.78, 5) is 10.8. The van der Waals surface area contributed by atoms with Gasteiger partial charge in [0, 0.05) is 44.1 Å². The maximum absolute atomic E-state index is 5.41. The van der Waals surface area contributed by atoms with Crippen molar-refractivity contribution >= 4 is 32.6 Å². The Morgan fingerprint density at radius 2 is 0.919 bits per heavy atom. The van der Waals surface area contributed by atoms with Crippen LogP contribution in [0.1, 0.15) is 25.0 Å². The van der Waals surface area contributed by atoms with Crippen LogP contribution >= 0.6 is 0 Å². The van der Waals surface area contributed by atoms with Gasteiger partial charge in [0.05, 0.1) is 22.4 Å². The summed E-state index contributed by atoms with van der Waals surface area (Å²) in [5, 5.41) is 4.97. The number of hydrogen-bond acceptors (Lipinski definition) is 2. The highest BCUT2D eigenvalue weighted by molar-refractivity contribution is 6.14. The zero-order valence-corrected chi connectivity index (χ0v) is 34.5. The Kier molecular flexibility index (Phi) is 8.20. The predicted molar refractivity (Wildman–Crippen MR) is 259 cm³/mol. The first-order valence-corrected chi connectivity index (χ1v) is 21.4. The highest BCUT2D eigenvalue weighted by atomic mass is 15.0. The van der Waals surface area contributed by atoms with E-state index in [2.05, 4.69) is 225 Å². The quantitative estimate of drug-likeness (QED) is 0.168. The van der Waals surface area contributed by atoms with Crippen LogP contribution in [0.3, 0.4) is 0 Å². The van der Waals surface area contributed by atoms with E-state index in [-0.39, 0.29) is 5.41 Å². The van der Waals surface area contributed by atoms with Crippen molar-refractivity contribution in [2.75, 3.05) is 0 Å². The van der Waals surface area contributed by atoms with E-state index in [9.17, 15) is 0 Å². The van der Waals surface area contributed by atoms with Crippen LogP contribution in [0.25, 0.3) is 106 Å². The average molecular weight is 792 g/mol. The van der Waals surface area contributed by atoms with Gasteiger partial charge in [-0.3, -0.25) is 0 Å². The molecule has 292 valence electrons. The van der Waals surface area contributed by atoms with Crippen molar-refractivity contribution in [3.63, 3.8) is 0 Å². The number of para-hydroxylation sites is 3. The summed E-state index contributed by atoms with van der Waals surface area (Å²) in [5.74, 6) is 0.690. The molecule has 0 aliphatic heterocycles. The molecule has 1 aliphatic rings. The smallest absolute Gasteiger partial charge is 0.160 e. The molecule has 11 aromatic rings. The molecule has 0 N–H and O–H groups in total. The Bertz CT molecular complexity index is 3540. The van der Waals surface area contributed by atoms with Gasteiger partial charge in [-0.1, -0.05) is 190 Å². The van der Waals surface area contributed by atoms with Crippen molar-refractivity contribution in [3.05, 3.63) is 223 Å². The third-order valence-electron chi connectivity index (χ3n) is 13.0. The van der Waals surface area contributed by atoms with Gasteiger partial charge in [-0.25, -0.2) is 9.97 Å². The zero-order chi connectivity index (χ0) is 41.4. The van der Waals surface area contributed by atoms with Crippen LogP contribution in [0.4, 0.5) is 0 Å². The van der Waals surface area contributed by atoms with E-state index in [0.29, 0.717) is 5.82 Å². The highest BCUT2D eigenvalue weighted by Crippen LogP contribution is 2.54. The maximum Gasteiger partial charge on any atom is 0.160 e. The molecule has 1 aliphatic carbocycles. The zero-order valence-electron chi connectivity index (χ0n) is 34.5. The van der Waals surface area contributed by atoms with Crippen molar-refractivity contribution in [2.24, 2.45) is 0 Å². The van der Waals surface area contributed by atoms with Crippen molar-refractivity contribution in [3.8, 4) is 73.0 Å². The van der Waals surface area contributed by atoms with Gasteiger partial charge in [-0.05, 0) is 86.1 Å². The molecule has 3 nitrogen and oxygen atoms in total. The number of aromatic nitrogens is 3. The SMILES string of the molecule is CC1(C)c2cc3ccccc3cc2-c2c(-c3ccccc3-c3cc(-c4ccccc4-c4cccc5c6ccccc6n(-c6ccccc6)c45)nc(-c4ccccc4)n3)cccc21. The van der Waals surface area contributed by atoms with Crippen LogP contribution in [0.2, 0.25) is 0 Å². The summed E-state index contributed by atoms with van der Waals surface area (Å²) in [7, 11) is 0. The van der Waals surface area contributed by atoms with Gasteiger partial charge in [-0.15, -0.1) is 0 Å². The first-order valence-electron chi connectivity index (χ1n) is 21.4. The van der Waals surface area contributed by atoms with E-state index in [1.54, 1.807) is 0 Å². The van der Waals surface area contributed by atoms with E-state index in [1.165, 1.54) is 60.4 Å². The molecule has 0 atom stereocenters. The monoisotopic (exact) mass is 791 g/mol. The summed E-state index contributed by atoms with van der Waals surface area (Å²) in [6.07, 6.45) is 0. The minimum Gasteiger partial charge on any atom is -0.309 e. The van der Waals surface area contributed by atoms with E-state index in [1.807, 2.05) is 6.07 Å². The second-order valence-electron chi connectivity index (χ2n) is 16.9. The Morgan fingerprint density at radius 1 is 0.387 bits per heavy atom. The summed E-state index contributed by atoms with van der Waals surface area (Å²) < 4.78 is 2.41. The molecular weight excluding hydrogens is 751 g/mol. The number of benzene rings is 9. The highest BCUT2D eigenvalue weighted by Gasteiger charge is 2.37. The van der Waals surface area contributed by atoms with Crippen LogP contribution < -0.4 is 0 Å². The van der Waals surface area contributed by atoms with Crippen molar-refractivity contribution < 1.29 is 0 Å². The lowest BCUT2D eigenvalue weighted by Gasteiger charge is -2.22. The molecule has 2 aromatic heterocycles. The van der Waals surface area contributed by atoms with Gasteiger partial charge in [0.25, 0.3) is 0 Å². The minimum atomic E-state index is -0.152. The lowest BCUT2D eigenvalue weighted by molar-refractivity contribution is 0.661. The minimum absolute atomic E-state index is 0.152. The normalized spacial score (nSPS) is 12.8. The van der Waals surface area contributed by atoms with Gasteiger partial charge < -0.3 is 4.57 Å². The summed E-state index contributed by atoms with van der Waals surface area (Å²) in [6, 6.07) is 76.5. The van der Waals surface area contributed by atoms with Gasteiger partial charge in [-0.2, -0.15) is 0 Å². The topological polar surface area (TPSA) is 30.7 Å². The van der Waals surface area contributed by atoms with Crippen molar-refractivity contribution in [1.29, 1.82) is 0 Å². The first-order chi connectivity index (χ1) is 30.5. The van der Waals surface area contributed by atoms with Crippen LogP contribution in [0.15, 0.2) is 212 Å². The fraction of sp³-hybridized carbons (Fsp3) is 0.0508. The average Bonchev–Trinajstić information content (AvgIpc) is 3.79. The van der Waals surface area contributed by atoms with Gasteiger partial charge >= 0.3 is 0 Å². The Morgan fingerprint density at radius 3 is 1.65 bits per heavy atom. The molecule has 2 heterocycles. The first kappa shape index (κ1) is 36.0. The molecule has 3 heteroatoms. The maximum atomic E-state index is 5.41. The van der Waals surface area contributed by atoms with Gasteiger partial charge in [0.1, 0.15) is 0 Å². The van der Waals surface area contributed by atoms with E-state index < -0.39 is 0 Å². The van der Waals surface area contributed by atoms with Crippen molar-refractivity contribution in [2.45, 2.75) is 19.3 Å². The van der Waals surface area contributed by atoms with Crippen LogP contribution in [0.5, 0.6) is 0 Å².